The number of piperazine rings is 1. The van der Waals surface area contributed by atoms with Crippen molar-refractivity contribution in [3.8, 4) is 0 Å². The first-order valence-corrected chi connectivity index (χ1v) is 9.73. The smallest absolute Gasteiger partial charge is 0.241 e. The van der Waals surface area contributed by atoms with Crippen molar-refractivity contribution in [1.82, 2.24) is 15.1 Å². The van der Waals surface area contributed by atoms with Gasteiger partial charge in [0.15, 0.2) is 0 Å². The van der Waals surface area contributed by atoms with Crippen LogP contribution in [0.25, 0.3) is 0 Å². The van der Waals surface area contributed by atoms with Crippen LogP contribution in [-0.4, -0.2) is 73.5 Å². The number of nitrogens with zero attached hydrogens (tertiary/aromatic N) is 3. The van der Waals surface area contributed by atoms with E-state index in [1.807, 2.05) is 37.3 Å². The molecule has 1 aliphatic heterocycles. The molecule has 148 valence electrons. The summed E-state index contributed by atoms with van der Waals surface area (Å²) >= 11 is 0. The van der Waals surface area contributed by atoms with Gasteiger partial charge in [-0.1, -0.05) is 31.2 Å². The third-order valence-electron chi connectivity index (χ3n) is 4.89. The Kier molecular flexibility index (Phi) is 8.48. The zero-order valence-electron chi connectivity index (χ0n) is 16.6. The lowest BCUT2D eigenvalue weighted by Crippen LogP contribution is -2.52. The molecule has 0 radical (unpaired) electrons. The van der Waals surface area contributed by atoms with E-state index in [0.717, 1.165) is 38.3 Å². The highest BCUT2D eigenvalue weighted by molar-refractivity contribution is 5.95. The lowest BCUT2D eigenvalue weighted by atomic mass is 10.2. The number of nitrogens with one attached hydrogen (secondary N) is 1. The van der Waals surface area contributed by atoms with Crippen molar-refractivity contribution in [2.24, 2.45) is 0 Å². The molecule has 2 amide bonds. The molecule has 1 aromatic carbocycles. The molecule has 1 unspecified atom stereocenters. The van der Waals surface area contributed by atoms with Gasteiger partial charge >= 0.3 is 0 Å². The van der Waals surface area contributed by atoms with E-state index in [9.17, 15) is 9.59 Å². The molecule has 1 heterocycles. The van der Waals surface area contributed by atoms with Crippen molar-refractivity contribution in [2.75, 3.05) is 50.7 Å². The van der Waals surface area contributed by atoms with Crippen LogP contribution in [-0.2, 0) is 9.59 Å². The number of hydrogen-bond donors (Lipinski definition) is 1. The van der Waals surface area contributed by atoms with Crippen LogP contribution >= 0.6 is 0 Å². The second-order valence-electron chi connectivity index (χ2n) is 7.06. The maximum atomic E-state index is 12.8. The predicted octanol–water partition coefficient (Wildman–Crippen LogP) is 1.74. The number of carbonyl (C=O) groups is 2. The second kappa shape index (κ2) is 10.8. The van der Waals surface area contributed by atoms with Gasteiger partial charge in [0.2, 0.25) is 11.8 Å². The molecule has 27 heavy (non-hydrogen) atoms. The van der Waals surface area contributed by atoms with Crippen molar-refractivity contribution in [2.45, 2.75) is 26.3 Å². The van der Waals surface area contributed by atoms with Crippen molar-refractivity contribution < 1.29 is 9.59 Å². The lowest BCUT2D eigenvalue weighted by molar-refractivity contribution is -0.124. The molecular weight excluding hydrogens is 340 g/mol. The predicted molar refractivity (Wildman–Crippen MR) is 110 cm³/mol. The SMILES string of the molecule is C=CCN(C(=O)CN1CCN(CC(=O)NC(C)CC)CC1)c1ccccc1. The van der Waals surface area contributed by atoms with Crippen LogP contribution in [0.3, 0.4) is 0 Å². The Bertz CT molecular complexity index is 612. The van der Waals surface area contributed by atoms with Crippen LogP contribution in [0.15, 0.2) is 43.0 Å². The maximum Gasteiger partial charge on any atom is 0.241 e. The summed E-state index contributed by atoms with van der Waals surface area (Å²) < 4.78 is 0. The summed E-state index contributed by atoms with van der Waals surface area (Å²) in [7, 11) is 0. The van der Waals surface area contributed by atoms with Gasteiger partial charge in [0.1, 0.15) is 0 Å². The Morgan fingerprint density at radius 1 is 1.15 bits per heavy atom. The fourth-order valence-corrected chi connectivity index (χ4v) is 3.10. The molecule has 6 nitrogen and oxygen atoms in total. The van der Waals surface area contributed by atoms with E-state index >= 15 is 0 Å². The van der Waals surface area contributed by atoms with E-state index in [2.05, 4.69) is 28.6 Å². The van der Waals surface area contributed by atoms with Crippen LogP contribution in [0.2, 0.25) is 0 Å². The first kappa shape index (κ1) is 21.1. The molecule has 6 heteroatoms. The maximum absolute atomic E-state index is 12.8. The second-order valence-corrected chi connectivity index (χ2v) is 7.06. The largest absolute Gasteiger partial charge is 0.353 e. The number of benzene rings is 1. The lowest BCUT2D eigenvalue weighted by Gasteiger charge is -2.35. The summed E-state index contributed by atoms with van der Waals surface area (Å²) in [4.78, 5) is 30.9. The molecule has 1 aromatic rings. The molecule has 0 saturated carbocycles. The summed E-state index contributed by atoms with van der Waals surface area (Å²) in [6.45, 7) is 12.3. The molecule has 0 aromatic heterocycles. The van der Waals surface area contributed by atoms with Crippen LogP contribution < -0.4 is 10.2 Å². The summed E-state index contributed by atoms with van der Waals surface area (Å²) in [5.74, 6) is 0.152. The first-order valence-electron chi connectivity index (χ1n) is 9.73. The molecule has 1 N–H and O–H groups in total. The zero-order valence-corrected chi connectivity index (χ0v) is 16.6. The van der Waals surface area contributed by atoms with E-state index in [-0.39, 0.29) is 17.9 Å². The van der Waals surface area contributed by atoms with E-state index in [1.54, 1.807) is 11.0 Å². The summed E-state index contributed by atoms with van der Waals surface area (Å²) in [5, 5.41) is 3.00. The van der Waals surface area contributed by atoms with Gasteiger partial charge in [-0.25, -0.2) is 0 Å². The third kappa shape index (κ3) is 6.81. The number of amides is 2. The molecule has 0 bridgehead atoms. The Morgan fingerprint density at radius 2 is 1.74 bits per heavy atom. The number of rotatable bonds is 9. The minimum absolute atomic E-state index is 0.0732. The van der Waals surface area contributed by atoms with Crippen LogP contribution in [0.5, 0.6) is 0 Å². The molecular formula is C21H32N4O2. The summed E-state index contributed by atoms with van der Waals surface area (Å²) in [5.41, 5.74) is 0.891. The molecule has 1 aliphatic rings. The van der Waals surface area contributed by atoms with Crippen molar-refractivity contribution in [1.29, 1.82) is 0 Å². The number of hydrogen-bond acceptors (Lipinski definition) is 4. The molecule has 0 spiro atoms. The van der Waals surface area contributed by atoms with Crippen molar-refractivity contribution in [3.63, 3.8) is 0 Å². The Labute approximate surface area is 162 Å². The number of anilines is 1. The highest BCUT2D eigenvalue weighted by Gasteiger charge is 2.23. The number of para-hydroxylation sites is 1. The number of carbonyl (C=O) groups excluding carboxylic acids is 2. The van der Waals surface area contributed by atoms with E-state index in [0.29, 0.717) is 19.6 Å². The first-order chi connectivity index (χ1) is 13.0. The van der Waals surface area contributed by atoms with Crippen LogP contribution in [0, 0.1) is 0 Å². The average Bonchev–Trinajstić information content (AvgIpc) is 2.68. The van der Waals surface area contributed by atoms with Gasteiger partial charge in [0, 0.05) is 44.5 Å². The van der Waals surface area contributed by atoms with Crippen molar-refractivity contribution >= 4 is 17.5 Å². The Hall–Kier alpha value is -2.18. The minimum Gasteiger partial charge on any atom is -0.353 e. The van der Waals surface area contributed by atoms with E-state index in [1.165, 1.54) is 0 Å². The van der Waals surface area contributed by atoms with Crippen LogP contribution in [0.4, 0.5) is 5.69 Å². The highest BCUT2D eigenvalue weighted by atomic mass is 16.2. The normalized spacial score (nSPS) is 16.5. The Balaban J connectivity index is 1.81. The topological polar surface area (TPSA) is 55.9 Å². The molecule has 2 rings (SSSR count). The Morgan fingerprint density at radius 3 is 2.30 bits per heavy atom. The molecule has 0 aliphatic carbocycles. The van der Waals surface area contributed by atoms with Gasteiger partial charge in [-0.3, -0.25) is 19.4 Å². The van der Waals surface area contributed by atoms with Gasteiger partial charge in [0.05, 0.1) is 13.1 Å². The highest BCUT2D eigenvalue weighted by Crippen LogP contribution is 2.14. The van der Waals surface area contributed by atoms with Gasteiger partial charge in [-0.05, 0) is 25.5 Å². The van der Waals surface area contributed by atoms with E-state index in [4.69, 9.17) is 0 Å². The summed E-state index contributed by atoms with van der Waals surface area (Å²) in [6, 6.07) is 9.90. The monoisotopic (exact) mass is 372 g/mol. The van der Waals surface area contributed by atoms with Crippen LogP contribution in [0.1, 0.15) is 20.3 Å². The average molecular weight is 373 g/mol. The molecule has 1 fully saturated rings. The fraction of sp³-hybridized carbons (Fsp3) is 0.524. The quantitative estimate of drug-likeness (QED) is 0.671. The van der Waals surface area contributed by atoms with Gasteiger partial charge in [-0.2, -0.15) is 0 Å². The summed E-state index contributed by atoms with van der Waals surface area (Å²) in [6.07, 6.45) is 2.68. The molecule has 1 saturated heterocycles. The zero-order chi connectivity index (χ0) is 19.6. The minimum atomic E-state index is 0.0732. The standard InChI is InChI=1S/C21H32N4O2/c1-4-11-25(19-9-7-6-8-10-19)21(27)17-24-14-12-23(13-15-24)16-20(26)22-18(3)5-2/h4,6-10,18H,1,5,11-17H2,2-3H3,(H,22,26). The third-order valence-corrected chi connectivity index (χ3v) is 4.89. The van der Waals surface area contributed by atoms with Gasteiger partial charge in [-0.15, -0.1) is 6.58 Å². The van der Waals surface area contributed by atoms with E-state index < -0.39 is 0 Å². The fourth-order valence-electron chi connectivity index (χ4n) is 3.10. The van der Waals surface area contributed by atoms with Gasteiger partial charge in [0.25, 0.3) is 0 Å². The molecule has 1 atom stereocenters. The van der Waals surface area contributed by atoms with Gasteiger partial charge < -0.3 is 10.2 Å². The van der Waals surface area contributed by atoms with Crippen molar-refractivity contribution in [3.05, 3.63) is 43.0 Å².